The van der Waals surface area contributed by atoms with E-state index >= 15 is 0 Å². The van der Waals surface area contributed by atoms with Crippen molar-refractivity contribution in [3.8, 4) is 5.75 Å². The molecule has 0 saturated heterocycles. The highest BCUT2D eigenvalue weighted by Gasteiger charge is 2.20. The Morgan fingerprint density at radius 3 is 2.68 bits per heavy atom. The van der Waals surface area contributed by atoms with Crippen LogP contribution in [0.25, 0.3) is 0 Å². The van der Waals surface area contributed by atoms with Gasteiger partial charge in [0.1, 0.15) is 5.75 Å². The zero-order valence-corrected chi connectivity index (χ0v) is 12.6. The maximum absolute atomic E-state index is 5.52. The molecule has 106 valence electrons. The molecule has 1 aromatic rings. The molecule has 0 atom stereocenters. The highest BCUT2D eigenvalue weighted by atomic mass is 16.5. The van der Waals surface area contributed by atoms with Crippen LogP contribution < -0.4 is 10.1 Å². The second-order valence-corrected chi connectivity index (χ2v) is 5.73. The van der Waals surface area contributed by atoms with Gasteiger partial charge in [0.05, 0.1) is 7.11 Å². The second-order valence-electron chi connectivity index (χ2n) is 5.73. The fraction of sp³-hybridized carbons (Fsp3) is 0.625. The summed E-state index contributed by atoms with van der Waals surface area (Å²) in [6.07, 6.45) is 2.71. The van der Waals surface area contributed by atoms with Crippen molar-refractivity contribution < 1.29 is 4.74 Å². The third-order valence-electron chi connectivity index (χ3n) is 3.73. The molecule has 19 heavy (non-hydrogen) atoms. The number of nitrogens with zero attached hydrogens (tertiary/aromatic N) is 1. The monoisotopic (exact) mass is 262 g/mol. The van der Waals surface area contributed by atoms with Crippen LogP contribution in [0.5, 0.6) is 5.75 Å². The van der Waals surface area contributed by atoms with Gasteiger partial charge in [-0.05, 0) is 50.9 Å². The van der Waals surface area contributed by atoms with Gasteiger partial charge in [-0.3, -0.25) is 0 Å². The molecule has 2 rings (SSSR count). The molecule has 1 aliphatic rings. The summed E-state index contributed by atoms with van der Waals surface area (Å²) in [5.41, 5.74) is 3.89. The quantitative estimate of drug-likeness (QED) is 0.817. The molecule has 1 aromatic carbocycles. The van der Waals surface area contributed by atoms with Gasteiger partial charge < -0.3 is 15.0 Å². The van der Waals surface area contributed by atoms with Gasteiger partial charge in [-0.2, -0.15) is 0 Å². The van der Waals surface area contributed by atoms with Crippen LogP contribution in [0.2, 0.25) is 0 Å². The minimum atomic E-state index is 0.795. The lowest BCUT2D eigenvalue weighted by atomic mass is 10.0. The van der Waals surface area contributed by atoms with Gasteiger partial charge in [0.25, 0.3) is 0 Å². The van der Waals surface area contributed by atoms with Gasteiger partial charge in [0.2, 0.25) is 0 Å². The molecule has 0 aromatic heterocycles. The molecule has 1 aliphatic carbocycles. The zero-order valence-electron chi connectivity index (χ0n) is 12.6. The fourth-order valence-electron chi connectivity index (χ4n) is 2.44. The first-order valence-electron chi connectivity index (χ1n) is 7.16. The Kier molecular flexibility index (Phi) is 4.83. The molecule has 0 radical (unpaired) electrons. The van der Waals surface area contributed by atoms with Crippen molar-refractivity contribution in [2.24, 2.45) is 0 Å². The molecule has 0 spiro atoms. The van der Waals surface area contributed by atoms with Crippen LogP contribution in [0, 0.1) is 13.8 Å². The van der Waals surface area contributed by atoms with Crippen molar-refractivity contribution in [3.63, 3.8) is 0 Å². The molecule has 0 bridgehead atoms. The summed E-state index contributed by atoms with van der Waals surface area (Å²) in [5.74, 6) is 1.01. The highest BCUT2D eigenvalue weighted by Crippen LogP contribution is 2.25. The number of aryl methyl sites for hydroxylation is 2. The molecule has 0 aliphatic heterocycles. The smallest absolute Gasteiger partial charge is 0.123 e. The number of likely N-dealkylation sites (N-methyl/N-ethyl adjacent to an activating group) is 1. The molecule has 3 heteroatoms. The van der Waals surface area contributed by atoms with E-state index in [0.717, 1.165) is 31.4 Å². The summed E-state index contributed by atoms with van der Waals surface area (Å²) in [6.45, 7) is 7.38. The zero-order chi connectivity index (χ0) is 13.8. The van der Waals surface area contributed by atoms with E-state index in [1.807, 2.05) is 0 Å². The predicted molar refractivity (Wildman–Crippen MR) is 79.8 cm³/mol. The topological polar surface area (TPSA) is 24.5 Å². The highest BCUT2D eigenvalue weighted by molar-refractivity contribution is 5.42. The number of hydrogen-bond donors (Lipinski definition) is 1. The van der Waals surface area contributed by atoms with Crippen LogP contribution in [-0.2, 0) is 6.54 Å². The molecule has 0 heterocycles. The number of hydrogen-bond acceptors (Lipinski definition) is 3. The van der Waals surface area contributed by atoms with Crippen molar-refractivity contribution in [2.75, 3.05) is 27.2 Å². The van der Waals surface area contributed by atoms with Crippen molar-refractivity contribution in [3.05, 3.63) is 28.8 Å². The summed E-state index contributed by atoms with van der Waals surface area (Å²) >= 11 is 0. The number of benzene rings is 1. The molecular weight excluding hydrogens is 236 g/mol. The first-order chi connectivity index (χ1) is 9.10. The van der Waals surface area contributed by atoms with Crippen LogP contribution in [-0.4, -0.2) is 38.2 Å². The van der Waals surface area contributed by atoms with E-state index in [9.17, 15) is 0 Å². The Hall–Kier alpha value is -1.06. The van der Waals surface area contributed by atoms with Gasteiger partial charge in [-0.1, -0.05) is 6.07 Å². The van der Waals surface area contributed by atoms with Crippen LogP contribution >= 0.6 is 0 Å². The Balaban J connectivity index is 1.92. The van der Waals surface area contributed by atoms with Gasteiger partial charge >= 0.3 is 0 Å². The molecule has 0 amide bonds. The molecule has 1 saturated carbocycles. The normalized spacial score (nSPS) is 15.0. The van der Waals surface area contributed by atoms with E-state index in [0.29, 0.717) is 0 Å². The maximum atomic E-state index is 5.52. The van der Waals surface area contributed by atoms with Gasteiger partial charge in [0, 0.05) is 31.2 Å². The molecular formula is C16H26N2O. The minimum absolute atomic E-state index is 0.795. The molecule has 1 fully saturated rings. The van der Waals surface area contributed by atoms with Crippen LogP contribution in [0.3, 0.4) is 0 Å². The number of rotatable bonds is 7. The minimum Gasteiger partial charge on any atom is -0.496 e. The summed E-state index contributed by atoms with van der Waals surface area (Å²) in [7, 11) is 3.93. The largest absolute Gasteiger partial charge is 0.496 e. The van der Waals surface area contributed by atoms with E-state index < -0.39 is 0 Å². The lowest BCUT2D eigenvalue weighted by molar-refractivity contribution is 0.314. The lowest BCUT2D eigenvalue weighted by Crippen LogP contribution is -2.30. The Morgan fingerprint density at radius 1 is 1.32 bits per heavy atom. The van der Waals surface area contributed by atoms with E-state index in [2.05, 4.69) is 43.2 Å². The maximum Gasteiger partial charge on any atom is 0.123 e. The van der Waals surface area contributed by atoms with Crippen LogP contribution in [0.15, 0.2) is 12.1 Å². The van der Waals surface area contributed by atoms with Crippen molar-refractivity contribution >= 4 is 0 Å². The second kappa shape index (κ2) is 6.40. The van der Waals surface area contributed by atoms with Gasteiger partial charge in [0.15, 0.2) is 0 Å². The Bertz CT molecular complexity index is 427. The summed E-state index contributed by atoms with van der Waals surface area (Å²) < 4.78 is 5.52. The molecule has 0 unspecified atom stereocenters. The standard InChI is InChI=1S/C16H26N2O/c1-12-9-13(2)15(16(10-12)19-4)11-18(3)8-7-17-14-5-6-14/h9-10,14,17H,5-8,11H2,1-4H3. The molecule has 1 N–H and O–H groups in total. The first-order valence-corrected chi connectivity index (χ1v) is 7.16. The third-order valence-corrected chi connectivity index (χ3v) is 3.73. The van der Waals surface area contributed by atoms with Crippen molar-refractivity contribution in [1.29, 1.82) is 0 Å². The van der Waals surface area contributed by atoms with E-state index in [1.54, 1.807) is 7.11 Å². The predicted octanol–water partition coefficient (Wildman–Crippen LogP) is 2.50. The molecule has 3 nitrogen and oxygen atoms in total. The van der Waals surface area contributed by atoms with E-state index in [-0.39, 0.29) is 0 Å². The number of methoxy groups -OCH3 is 1. The summed E-state index contributed by atoms with van der Waals surface area (Å²) in [6, 6.07) is 5.15. The van der Waals surface area contributed by atoms with Crippen LogP contribution in [0.1, 0.15) is 29.5 Å². The average Bonchev–Trinajstić information content (AvgIpc) is 3.16. The van der Waals surface area contributed by atoms with E-state index in [4.69, 9.17) is 4.74 Å². The average molecular weight is 262 g/mol. The number of nitrogens with one attached hydrogen (secondary N) is 1. The van der Waals surface area contributed by atoms with E-state index in [1.165, 1.54) is 29.5 Å². The van der Waals surface area contributed by atoms with Gasteiger partial charge in [-0.15, -0.1) is 0 Å². The lowest BCUT2D eigenvalue weighted by Gasteiger charge is -2.20. The third kappa shape index (κ3) is 4.22. The number of ether oxygens (including phenoxy) is 1. The SMILES string of the molecule is COc1cc(C)cc(C)c1CN(C)CCNC1CC1. The van der Waals surface area contributed by atoms with Crippen molar-refractivity contribution in [2.45, 2.75) is 39.3 Å². The Labute approximate surface area is 116 Å². The fourth-order valence-corrected chi connectivity index (χ4v) is 2.44. The Morgan fingerprint density at radius 2 is 2.05 bits per heavy atom. The van der Waals surface area contributed by atoms with Crippen LogP contribution in [0.4, 0.5) is 0 Å². The van der Waals surface area contributed by atoms with Crippen molar-refractivity contribution in [1.82, 2.24) is 10.2 Å². The first kappa shape index (κ1) is 14.4. The summed E-state index contributed by atoms with van der Waals surface area (Å²) in [5, 5.41) is 3.55. The summed E-state index contributed by atoms with van der Waals surface area (Å²) in [4.78, 5) is 2.36. The van der Waals surface area contributed by atoms with Gasteiger partial charge in [-0.25, -0.2) is 0 Å².